The van der Waals surface area contributed by atoms with Gasteiger partial charge >= 0.3 is 0 Å². The second kappa shape index (κ2) is 6.04. The number of ether oxygens (including phenoxy) is 1. The average Bonchev–Trinajstić information content (AvgIpc) is 2.37. The number of hydrogen-bond donors (Lipinski definition) is 0. The first-order valence-electron chi connectivity index (χ1n) is 6.66. The summed E-state index contributed by atoms with van der Waals surface area (Å²) in [5.41, 5.74) is 0.712. The van der Waals surface area contributed by atoms with E-state index in [0.717, 1.165) is 13.1 Å². The van der Waals surface area contributed by atoms with E-state index in [1.54, 1.807) is 24.3 Å². The quantitative estimate of drug-likeness (QED) is 0.798. The van der Waals surface area contributed by atoms with Gasteiger partial charge in [-0.15, -0.1) is 0 Å². The van der Waals surface area contributed by atoms with E-state index < -0.39 is 0 Å². The van der Waals surface area contributed by atoms with Gasteiger partial charge in [-0.2, -0.15) is 0 Å². The van der Waals surface area contributed by atoms with Crippen LogP contribution >= 0.6 is 11.6 Å². The molecule has 1 heterocycles. The van der Waals surface area contributed by atoms with Gasteiger partial charge in [0.15, 0.2) is 5.78 Å². The van der Waals surface area contributed by atoms with Gasteiger partial charge in [-0.25, -0.2) is 0 Å². The van der Waals surface area contributed by atoms with Gasteiger partial charge < -0.3 is 4.74 Å². The molecule has 1 aliphatic rings. The Labute approximate surface area is 119 Å². The first-order chi connectivity index (χ1) is 8.97. The molecule has 0 spiro atoms. The summed E-state index contributed by atoms with van der Waals surface area (Å²) in [4.78, 5) is 14.6. The minimum atomic E-state index is -0.130. The third-order valence-corrected chi connectivity index (χ3v) is 3.76. The summed E-state index contributed by atoms with van der Waals surface area (Å²) >= 11 is 5.84. The highest BCUT2D eigenvalue weighted by Gasteiger charge is 2.29. The van der Waals surface area contributed by atoms with Crippen LogP contribution in [0.25, 0.3) is 0 Å². The van der Waals surface area contributed by atoms with Gasteiger partial charge in [0.25, 0.3) is 0 Å². The van der Waals surface area contributed by atoms with Crippen molar-refractivity contribution in [2.75, 3.05) is 13.1 Å². The smallest absolute Gasteiger partial charge is 0.179 e. The number of nitrogens with zero attached hydrogens (tertiary/aromatic N) is 1. The average molecular weight is 282 g/mol. The normalized spacial score (nSPS) is 26.1. The summed E-state index contributed by atoms with van der Waals surface area (Å²) in [6, 6.07) is 6.95. The Morgan fingerprint density at radius 1 is 1.26 bits per heavy atom. The summed E-state index contributed by atoms with van der Waals surface area (Å²) < 4.78 is 5.70. The Morgan fingerprint density at radius 2 is 1.79 bits per heavy atom. The van der Waals surface area contributed by atoms with Gasteiger partial charge in [-0.3, -0.25) is 9.69 Å². The Balaban J connectivity index is 2.08. The summed E-state index contributed by atoms with van der Waals surface area (Å²) in [6.07, 6.45) is 0.341. The third kappa shape index (κ3) is 3.56. The van der Waals surface area contributed by atoms with Crippen molar-refractivity contribution >= 4 is 17.4 Å². The first kappa shape index (κ1) is 14.5. The molecule has 1 unspecified atom stereocenters. The van der Waals surface area contributed by atoms with Crippen LogP contribution in [0.3, 0.4) is 0 Å². The van der Waals surface area contributed by atoms with E-state index in [4.69, 9.17) is 16.3 Å². The molecule has 0 aliphatic carbocycles. The van der Waals surface area contributed by atoms with Gasteiger partial charge in [0, 0.05) is 23.7 Å². The zero-order chi connectivity index (χ0) is 14.0. The van der Waals surface area contributed by atoms with Gasteiger partial charge in [0.1, 0.15) is 0 Å². The van der Waals surface area contributed by atoms with Crippen molar-refractivity contribution in [3.05, 3.63) is 34.9 Å². The van der Waals surface area contributed by atoms with Crippen molar-refractivity contribution in [3.63, 3.8) is 0 Å². The topological polar surface area (TPSA) is 29.5 Å². The lowest BCUT2D eigenvalue weighted by molar-refractivity contribution is -0.0744. The molecule has 104 valence electrons. The number of halogens is 1. The van der Waals surface area contributed by atoms with Crippen LogP contribution in [-0.2, 0) is 4.74 Å². The second-order valence-corrected chi connectivity index (χ2v) is 5.69. The van der Waals surface area contributed by atoms with Gasteiger partial charge in [-0.05, 0) is 45.0 Å². The van der Waals surface area contributed by atoms with Crippen molar-refractivity contribution < 1.29 is 9.53 Å². The van der Waals surface area contributed by atoms with E-state index >= 15 is 0 Å². The van der Waals surface area contributed by atoms with Gasteiger partial charge in [0.2, 0.25) is 0 Å². The Morgan fingerprint density at radius 3 is 2.32 bits per heavy atom. The highest BCUT2D eigenvalue weighted by Crippen LogP contribution is 2.17. The SMILES string of the molecule is CC(C(=O)c1ccc(Cl)cc1)N1C[C@@H](C)O[C@@H](C)C1. The fourth-order valence-electron chi connectivity index (χ4n) is 2.56. The lowest BCUT2D eigenvalue weighted by atomic mass is 10.0. The molecule has 0 N–H and O–H groups in total. The summed E-state index contributed by atoms with van der Waals surface area (Å²) in [5.74, 6) is 0.137. The predicted molar refractivity (Wildman–Crippen MR) is 76.8 cm³/mol. The molecule has 19 heavy (non-hydrogen) atoms. The largest absolute Gasteiger partial charge is 0.373 e. The van der Waals surface area contributed by atoms with Crippen molar-refractivity contribution in [1.29, 1.82) is 0 Å². The van der Waals surface area contributed by atoms with E-state index in [9.17, 15) is 4.79 Å². The van der Waals surface area contributed by atoms with Crippen molar-refractivity contribution in [2.24, 2.45) is 0 Å². The first-order valence-corrected chi connectivity index (χ1v) is 7.04. The molecule has 1 aromatic rings. The number of benzene rings is 1. The number of rotatable bonds is 3. The molecule has 3 atom stereocenters. The predicted octanol–water partition coefficient (Wildman–Crippen LogP) is 3.02. The van der Waals surface area contributed by atoms with E-state index in [-0.39, 0.29) is 24.0 Å². The van der Waals surface area contributed by atoms with E-state index in [1.165, 1.54) is 0 Å². The van der Waals surface area contributed by atoms with Crippen molar-refractivity contribution in [3.8, 4) is 0 Å². The van der Waals surface area contributed by atoms with E-state index in [0.29, 0.717) is 10.6 Å². The highest BCUT2D eigenvalue weighted by atomic mass is 35.5. The Hall–Kier alpha value is -0.900. The molecular formula is C15H20ClNO2. The lowest BCUT2D eigenvalue weighted by Crippen LogP contribution is -2.51. The van der Waals surface area contributed by atoms with Crippen LogP contribution in [0.2, 0.25) is 5.02 Å². The van der Waals surface area contributed by atoms with Crippen molar-refractivity contribution in [1.82, 2.24) is 4.90 Å². The maximum absolute atomic E-state index is 12.4. The van der Waals surface area contributed by atoms with Crippen LogP contribution in [0.4, 0.5) is 0 Å². The molecule has 2 rings (SSSR count). The van der Waals surface area contributed by atoms with Crippen LogP contribution in [-0.4, -0.2) is 42.0 Å². The number of carbonyl (C=O) groups excluding carboxylic acids is 1. The summed E-state index contributed by atoms with van der Waals surface area (Å²) in [7, 11) is 0. The van der Waals surface area contributed by atoms with Crippen LogP contribution in [0.5, 0.6) is 0 Å². The number of carbonyl (C=O) groups is 1. The minimum Gasteiger partial charge on any atom is -0.373 e. The molecule has 0 bridgehead atoms. The van der Waals surface area contributed by atoms with Crippen LogP contribution < -0.4 is 0 Å². The Bertz CT molecular complexity index is 436. The fourth-order valence-corrected chi connectivity index (χ4v) is 2.68. The van der Waals surface area contributed by atoms with E-state index in [2.05, 4.69) is 4.90 Å². The molecular weight excluding hydrogens is 262 g/mol. The number of Topliss-reactive ketones (excluding diaryl/α,β-unsaturated/α-hetero) is 1. The van der Waals surface area contributed by atoms with Crippen molar-refractivity contribution in [2.45, 2.75) is 39.0 Å². The third-order valence-electron chi connectivity index (χ3n) is 3.50. The molecule has 0 amide bonds. The molecule has 0 radical (unpaired) electrons. The van der Waals surface area contributed by atoms with Gasteiger partial charge in [-0.1, -0.05) is 11.6 Å². The van der Waals surface area contributed by atoms with Crippen LogP contribution in [0, 0.1) is 0 Å². The van der Waals surface area contributed by atoms with Crippen LogP contribution in [0.1, 0.15) is 31.1 Å². The number of morpholine rings is 1. The summed E-state index contributed by atoms with van der Waals surface area (Å²) in [6.45, 7) is 7.64. The highest BCUT2D eigenvalue weighted by molar-refractivity contribution is 6.30. The lowest BCUT2D eigenvalue weighted by Gasteiger charge is -2.38. The summed E-state index contributed by atoms with van der Waals surface area (Å²) in [5, 5.41) is 0.651. The molecule has 1 aromatic carbocycles. The number of ketones is 1. The molecule has 0 aromatic heterocycles. The zero-order valence-corrected chi connectivity index (χ0v) is 12.4. The molecule has 3 nitrogen and oxygen atoms in total. The standard InChI is InChI=1S/C15H20ClNO2/c1-10-8-17(9-11(2)19-10)12(3)15(18)13-4-6-14(16)7-5-13/h4-7,10-12H,8-9H2,1-3H3/t10-,11+,12?. The zero-order valence-electron chi connectivity index (χ0n) is 11.6. The monoisotopic (exact) mass is 281 g/mol. The fraction of sp³-hybridized carbons (Fsp3) is 0.533. The molecule has 4 heteroatoms. The number of hydrogen-bond acceptors (Lipinski definition) is 3. The maximum Gasteiger partial charge on any atom is 0.179 e. The Kier molecular flexibility index (Phi) is 4.61. The van der Waals surface area contributed by atoms with Gasteiger partial charge in [0.05, 0.1) is 18.2 Å². The minimum absolute atomic E-state index is 0.130. The molecule has 0 saturated carbocycles. The molecule has 1 aliphatic heterocycles. The van der Waals surface area contributed by atoms with E-state index in [1.807, 2.05) is 20.8 Å². The molecule has 1 saturated heterocycles. The van der Waals surface area contributed by atoms with Crippen LogP contribution in [0.15, 0.2) is 24.3 Å². The molecule has 1 fully saturated rings. The second-order valence-electron chi connectivity index (χ2n) is 5.26. The maximum atomic E-state index is 12.4.